The fourth-order valence-electron chi connectivity index (χ4n) is 4.62. The number of benzene rings is 2. The molecule has 6 heteroatoms. The van der Waals surface area contributed by atoms with Crippen LogP contribution >= 0.6 is 0 Å². The van der Waals surface area contributed by atoms with E-state index >= 15 is 0 Å². The number of nitrogens with two attached hydrogens (primary N) is 1. The van der Waals surface area contributed by atoms with Crippen LogP contribution < -0.4 is 5.73 Å². The van der Waals surface area contributed by atoms with Gasteiger partial charge in [0.05, 0.1) is 12.1 Å². The van der Waals surface area contributed by atoms with Crippen LogP contribution in [0.2, 0.25) is 0 Å². The van der Waals surface area contributed by atoms with Crippen molar-refractivity contribution in [2.75, 3.05) is 6.54 Å². The molecule has 0 bridgehead atoms. The summed E-state index contributed by atoms with van der Waals surface area (Å²) in [6, 6.07) is 24.6. The Balaban J connectivity index is 1.57. The molecule has 0 unspecified atom stereocenters. The van der Waals surface area contributed by atoms with Crippen LogP contribution in [0.5, 0.6) is 0 Å². The number of nitrogens with zero attached hydrogens (tertiary/aromatic N) is 3. The molecule has 33 heavy (non-hydrogen) atoms. The number of carbonyl (C=O) groups excluding carboxylic acids is 2. The van der Waals surface area contributed by atoms with Gasteiger partial charge in [-0.2, -0.15) is 0 Å². The number of pyridine rings is 1. The molecule has 1 aliphatic rings. The molecule has 1 aliphatic heterocycles. The van der Waals surface area contributed by atoms with E-state index in [9.17, 15) is 9.59 Å². The molecular weight excluding hydrogens is 412 g/mol. The molecule has 2 amide bonds. The maximum absolute atomic E-state index is 13.3. The van der Waals surface area contributed by atoms with Crippen molar-refractivity contribution >= 4 is 12.3 Å². The number of rotatable bonds is 9. The van der Waals surface area contributed by atoms with Gasteiger partial charge in [0.2, 0.25) is 12.3 Å². The minimum Gasteiger partial charge on any atom is -0.321 e. The van der Waals surface area contributed by atoms with Crippen LogP contribution in [0, 0.1) is 0 Å². The standard InChI is InChI=1S/C27H30N4O2/c28-24(18-21-10-3-1-4-11-21)27(33)30-17-9-15-26(30)31(20-32)25(22-12-5-2-6-13-22)19-23-14-7-8-16-29-23/h1-8,10-14,16,20,24-26H,9,15,17-19,28H2/t24-,25-,26+/m0/s1. The summed E-state index contributed by atoms with van der Waals surface area (Å²) in [6.07, 6.45) is 4.91. The minimum absolute atomic E-state index is 0.113. The lowest BCUT2D eigenvalue weighted by Gasteiger charge is -2.39. The summed E-state index contributed by atoms with van der Waals surface area (Å²) in [6.45, 7) is 0.599. The molecule has 6 nitrogen and oxygen atoms in total. The zero-order valence-corrected chi connectivity index (χ0v) is 18.7. The van der Waals surface area contributed by atoms with Gasteiger partial charge in [-0.3, -0.25) is 14.6 Å². The van der Waals surface area contributed by atoms with Gasteiger partial charge < -0.3 is 15.5 Å². The fourth-order valence-corrected chi connectivity index (χ4v) is 4.62. The molecule has 0 saturated carbocycles. The Labute approximate surface area is 195 Å². The van der Waals surface area contributed by atoms with Crippen LogP contribution in [0.15, 0.2) is 85.1 Å². The van der Waals surface area contributed by atoms with Gasteiger partial charge in [-0.15, -0.1) is 0 Å². The van der Waals surface area contributed by atoms with Gasteiger partial charge in [-0.1, -0.05) is 66.7 Å². The molecule has 1 aromatic heterocycles. The van der Waals surface area contributed by atoms with Crippen LogP contribution in [0.25, 0.3) is 0 Å². The summed E-state index contributed by atoms with van der Waals surface area (Å²) in [5.74, 6) is -0.113. The van der Waals surface area contributed by atoms with Crippen molar-refractivity contribution in [2.45, 2.75) is 43.9 Å². The normalized spacial score (nSPS) is 17.4. The third-order valence-corrected chi connectivity index (χ3v) is 6.26. The second-order valence-electron chi connectivity index (χ2n) is 8.45. The minimum atomic E-state index is -0.646. The smallest absolute Gasteiger partial charge is 0.241 e. The molecule has 2 aromatic carbocycles. The molecule has 0 spiro atoms. The van der Waals surface area contributed by atoms with Gasteiger partial charge in [0.1, 0.15) is 6.17 Å². The molecule has 0 radical (unpaired) electrons. The summed E-state index contributed by atoms with van der Waals surface area (Å²) in [7, 11) is 0. The van der Waals surface area contributed by atoms with E-state index in [0.717, 1.165) is 36.1 Å². The molecule has 2 N–H and O–H groups in total. The molecule has 2 heterocycles. The highest BCUT2D eigenvalue weighted by Gasteiger charge is 2.38. The van der Waals surface area contributed by atoms with Gasteiger partial charge in [0.25, 0.3) is 0 Å². The lowest BCUT2D eigenvalue weighted by Crippen LogP contribution is -2.53. The average Bonchev–Trinajstić information content (AvgIpc) is 3.35. The summed E-state index contributed by atoms with van der Waals surface area (Å²) in [5, 5.41) is 0. The largest absolute Gasteiger partial charge is 0.321 e. The van der Waals surface area contributed by atoms with Crippen LogP contribution in [0.3, 0.4) is 0 Å². The molecule has 3 aromatic rings. The van der Waals surface area contributed by atoms with E-state index in [-0.39, 0.29) is 18.1 Å². The van der Waals surface area contributed by atoms with Gasteiger partial charge in [-0.25, -0.2) is 0 Å². The van der Waals surface area contributed by atoms with Crippen LogP contribution in [0.1, 0.15) is 35.7 Å². The zero-order valence-electron chi connectivity index (χ0n) is 18.7. The monoisotopic (exact) mass is 442 g/mol. The molecule has 4 rings (SSSR count). The first-order chi connectivity index (χ1) is 16.2. The predicted molar refractivity (Wildman–Crippen MR) is 128 cm³/mol. The maximum atomic E-state index is 13.3. The van der Waals surface area contributed by atoms with Crippen molar-refractivity contribution in [3.05, 3.63) is 102 Å². The molecule has 170 valence electrons. The van der Waals surface area contributed by atoms with Crippen molar-refractivity contribution in [2.24, 2.45) is 5.73 Å². The topological polar surface area (TPSA) is 79.5 Å². The van der Waals surface area contributed by atoms with Crippen molar-refractivity contribution in [1.82, 2.24) is 14.8 Å². The first-order valence-electron chi connectivity index (χ1n) is 11.4. The quantitative estimate of drug-likeness (QED) is 0.516. The van der Waals surface area contributed by atoms with Gasteiger partial charge in [-0.05, 0) is 42.5 Å². The van der Waals surface area contributed by atoms with E-state index in [0.29, 0.717) is 19.4 Å². The van der Waals surface area contributed by atoms with E-state index in [2.05, 4.69) is 4.98 Å². The molecule has 3 atom stereocenters. The average molecular weight is 443 g/mol. The number of hydrogen-bond donors (Lipinski definition) is 1. The Kier molecular flexibility index (Phi) is 7.47. The number of aromatic nitrogens is 1. The van der Waals surface area contributed by atoms with Crippen LogP contribution in [-0.4, -0.2) is 45.9 Å². The molecular formula is C27H30N4O2. The third kappa shape index (κ3) is 5.46. The van der Waals surface area contributed by atoms with Gasteiger partial charge >= 0.3 is 0 Å². The first-order valence-corrected chi connectivity index (χ1v) is 11.4. The highest BCUT2D eigenvalue weighted by Crippen LogP contribution is 2.31. The third-order valence-electron chi connectivity index (χ3n) is 6.26. The molecule has 0 aliphatic carbocycles. The Morgan fingerprint density at radius 1 is 1.03 bits per heavy atom. The maximum Gasteiger partial charge on any atom is 0.241 e. The van der Waals surface area contributed by atoms with E-state index in [1.807, 2.05) is 78.9 Å². The lowest BCUT2D eigenvalue weighted by atomic mass is 9.99. The van der Waals surface area contributed by atoms with Crippen molar-refractivity contribution in [1.29, 1.82) is 0 Å². The van der Waals surface area contributed by atoms with Crippen molar-refractivity contribution in [3.63, 3.8) is 0 Å². The van der Waals surface area contributed by atoms with E-state index in [1.54, 1.807) is 16.0 Å². The summed E-state index contributed by atoms with van der Waals surface area (Å²) < 4.78 is 0. The van der Waals surface area contributed by atoms with Crippen LogP contribution in [-0.2, 0) is 22.4 Å². The first kappa shape index (κ1) is 22.7. The number of hydrogen-bond acceptors (Lipinski definition) is 4. The van der Waals surface area contributed by atoms with Crippen LogP contribution in [0.4, 0.5) is 0 Å². The zero-order chi connectivity index (χ0) is 23.0. The fraction of sp³-hybridized carbons (Fsp3) is 0.296. The lowest BCUT2D eigenvalue weighted by molar-refractivity contribution is -0.141. The highest BCUT2D eigenvalue weighted by atomic mass is 16.2. The van der Waals surface area contributed by atoms with E-state index < -0.39 is 6.04 Å². The SMILES string of the molecule is N[C@@H](Cc1ccccc1)C(=O)N1CCC[C@H]1N(C=O)[C@@H](Cc1ccccn1)c1ccccc1. The summed E-state index contributed by atoms with van der Waals surface area (Å²) in [4.78, 5) is 33.8. The number of amides is 2. The predicted octanol–water partition coefficient (Wildman–Crippen LogP) is 3.34. The number of carbonyl (C=O) groups is 2. The Bertz CT molecular complexity index is 1030. The Morgan fingerprint density at radius 2 is 1.73 bits per heavy atom. The highest BCUT2D eigenvalue weighted by molar-refractivity contribution is 5.82. The Morgan fingerprint density at radius 3 is 2.39 bits per heavy atom. The van der Waals surface area contributed by atoms with Gasteiger partial charge in [0, 0.05) is 24.9 Å². The number of likely N-dealkylation sites (tertiary alicyclic amines) is 1. The molecule has 1 saturated heterocycles. The summed E-state index contributed by atoms with van der Waals surface area (Å²) >= 11 is 0. The van der Waals surface area contributed by atoms with Crippen molar-refractivity contribution in [3.8, 4) is 0 Å². The second-order valence-corrected chi connectivity index (χ2v) is 8.45. The Hall–Kier alpha value is -3.51. The summed E-state index contributed by atoms with van der Waals surface area (Å²) in [5.41, 5.74) is 9.28. The molecule has 1 fully saturated rings. The van der Waals surface area contributed by atoms with E-state index in [1.165, 1.54) is 0 Å². The van der Waals surface area contributed by atoms with Gasteiger partial charge in [0.15, 0.2) is 0 Å². The second kappa shape index (κ2) is 10.9. The van der Waals surface area contributed by atoms with E-state index in [4.69, 9.17) is 5.73 Å². The van der Waals surface area contributed by atoms with Crippen molar-refractivity contribution < 1.29 is 9.59 Å².